The summed E-state index contributed by atoms with van der Waals surface area (Å²) in [5.74, 6) is 0.0445. The van der Waals surface area contributed by atoms with E-state index >= 15 is 0 Å². The molecule has 0 unspecified atom stereocenters. The normalized spacial score (nSPS) is 15.0. The lowest BCUT2D eigenvalue weighted by Crippen LogP contribution is -2.51. The minimum absolute atomic E-state index is 0.136. The molecule has 1 saturated heterocycles. The van der Waals surface area contributed by atoms with Crippen molar-refractivity contribution in [3.63, 3.8) is 0 Å². The quantitative estimate of drug-likeness (QED) is 0.825. The number of nitrogens with zero attached hydrogens (tertiary/aromatic N) is 2. The molecule has 0 radical (unpaired) electrons. The van der Waals surface area contributed by atoms with Crippen LogP contribution in [0.25, 0.3) is 0 Å². The number of rotatable bonds is 3. The third-order valence-electron chi connectivity index (χ3n) is 4.50. The molecular formula is C20H24ClN3O2S. The third-order valence-corrected chi connectivity index (χ3v) is 5.67. The first-order chi connectivity index (χ1) is 12.8. The molecule has 7 heteroatoms. The second kappa shape index (κ2) is 7.90. The van der Waals surface area contributed by atoms with Crippen LogP contribution in [0, 0.1) is 5.41 Å². The predicted octanol–water partition coefficient (Wildman–Crippen LogP) is 4.35. The highest BCUT2D eigenvalue weighted by Gasteiger charge is 2.30. The zero-order valence-electron chi connectivity index (χ0n) is 15.8. The molecule has 2 aromatic rings. The van der Waals surface area contributed by atoms with Crippen molar-refractivity contribution >= 4 is 46.1 Å². The largest absolute Gasteiger partial charge is 0.367 e. The van der Waals surface area contributed by atoms with Crippen molar-refractivity contribution < 1.29 is 9.59 Å². The van der Waals surface area contributed by atoms with Crippen LogP contribution in [-0.2, 0) is 4.79 Å². The maximum absolute atomic E-state index is 12.4. The van der Waals surface area contributed by atoms with Crippen LogP contribution in [0.15, 0.2) is 35.7 Å². The molecule has 1 aliphatic rings. The van der Waals surface area contributed by atoms with Crippen LogP contribution in [0.5, 0.6) is 0 Å². The fourth-order valence-electron chi connectivity index (χ4n) is 3.07. The van der Waals surface area contributed by atoms with Gasteiger partial charge in [-0.25, -0.2) is 0 Å². The Morgan fingerprint density at radius 3 is 2.37 bits per heavy atom. The monoisotopic (exact) mass is 405 g/mol. The minimum Gasteiger partial charge on any atom is -0.367 e. The van der Waals surface area contributed by atoms with Gasteiger partial charge < -0.3 is 15.1 Å². The molecule has 1 fully saturated rings. The Kier molecular flexibility index (Phi) is 5.77. The fraction of sp³-hybridized carbons (Fsp3) is 0.400. The number of thiophene rings is 1. The lowest BCUT2D eigenvalue weighted by atomic mass is 9.94. The van der Waals surface area contributed by atoms with Crippen molar-refractivity contribution in [3.05, 3.63) is 45.6 Å². The Balaban J connectivity index is 1.63. The zero-order chi connectivity index (χ0) is 19.6. The second-order valence-corrected chi connectivity index (χ2v) is 8.98. The lowest BCUT2D eigenvalue weighted by Gasteiger charge is -2.39. The fourth-order valence-corrected chi connectivity index (χ4v) is 3.99. The zero-order valence-corrected chi connectivity index (χ0v) is 17.4. The first-order valence-corrected chi connectivity index (χ1v) is 10.2. The summed E-state index contributed by atoms with van der Waals surface area (Å²) < 4.78 is 0. The van der Waals surface area contributed by atoms with Gasteiger partial charge in [0.25, 0.3) is 5.91 Å². The summed E-state index contributed by atoms with van der Waals surface area (Å²) in [6.07, 6.45) is 0. The van der Waals surface area contributed by atoms with Gasteiger partial charge in [0.15, 0.2) is 0 Å². The van der Waals surface area contributed by atoms with Crippen molar-refractivity contribution in [3.8, 4) is 0 Å². The van der Waals surface area contributed by atoms with Gasteiger partial charge in [0.2, 0.25) is 5.91 Å². The molecule has 0 saturated carbocycles. The Morgan fingerprint density at radius 2 is 1.81 bits per heavy atom. The average Bonchev–Trinajstić information content (AvgIpc) is 3.15. The maximum Gasteiger partial charge on any atom is 0.265 e. The summed E-state index contributed by atoms with van der Waals surface area (Å²) in [4.78, 5) is 29.3. The van der Waals surface area contributed by atoms with Gasteiger partial charge in [-0.15, -0.1) is 11.3 Å². The molecule has 3 rings (SSSR count). The number of benzene rings is 1. The molecule has 0 aliphatic carbocycles. The van der Waals surface area contributed by atoms with Crippen LogP contribution in [0.2, 0.25) is 5.02 Å². The standard InChI is InChI=1S/C20H24ClN3O2S/c1-20(2,3)19(26)24-10-8-23(9-11-24)16-7-6-14(13-15(16)21)22-18(25)17-5-4-12-27-17/h4-7,12-13H,8-11H2,1-3H3,(H,22,25). The van der Waals surface area contributed by atoms with Gasteiger partial charge in [0, 0.05) is 37.3 Å². The number of hydrogen-bond donors (Lipinski definition) is 1. The summed E-state index contributed by atoms with van der Waals surface area (Å²) in [6.45, 7) is 8.68. The van der Waals surface area contributed by atoms with E-state index in [9.17, 15) is 9.59 Å². The Labute approximate surface area is 168 Å². The topological polar surface area (TPSA) is 52.7 Å². The van der Waals surface area contributed by atoms with E-state index in [1.165, 1.54) is 11.3 Å². The first-order valence-electron chi connectivity index (χ1n) is 8.94. The maximum atomic E-state index is 12.4. The molecule has 2 amide bonds. The van der Waals surface area contributed by atoms with Gasteiger partial charge in [-0.2, -0.15) is 0 Å². The van der Waals surface area contributed by atoms with E-state index in [4.69, 9.17) is 11.6 Å². The number of anilines is 2. The number of carbonyl (C=O) groups is 2. The molecule has 0 bridgehead atoms. The summed E-state index contributed by atoms with van der Waals surface area (Å²) in [5, 5.41) is 5.33. The first kappa shape index (κ1) is 19.7. The highest BCUT2D eigenvalue weighted by molar-refractivity contribution is 7.12. The van der Waals surface area contributed by atoms with Crippen LogP contribution in [0.4, 0.5) is 11.4 Å². The molecule has 27 heavy (non-hydrogen) atoms. The van der Waals surface area contributed by atoms with Crippen molar-refractivity contribution in [2.45, 2.75) is 20.8 Å². The Morgan fingerprint density at radius 1 is 1.11 bits per heavy atom. The van der Waals surface area contributed by atoms with Gasteiger partial charge >= 0.3 is 0 Å². The number of carbonyl (C=O) groups excluding carboxylic acids is 2. The second-order valence-electron chi connectivity index (χ2n) is 7.63. The van der Waals surface area contributed by atoms with Crippen LogP contribution < -0.4 is 10.2 Å². The van der Waals surface area contributed by atoms with E-state index in [0.717, 1.165) is 18.8 Å². The van der Waals surface area contributed by atoms with Crippen molar-refractivity contribution in [2.24, 2.45) is 5.41 Å². The summed E-state index contributed by atoms with van der Waals surface area (Å²) >= 11 is 7.87. The third kappa shape index (κ3) is 4.62. The molecule has 1 aromatic heterocycles. The van der Waals surface area contributed by atoms with Crippen LogP contribution in [0.3, 0.4) is 0 Å². The SMILES string of the molecule is CC(C)(C)C(=O)N1CCN(c2ccc(NC(=O)c3cccs3)cc2Cl)CC1. The molecule has 0 atom stereocenters. The summed E-state index contributed by atoms with van der Waals surface area (Å²) in [7, 11) is 0. The van der Waals surface area contributed by atoms with Gasteiger partial charge in [0.05, 0.1) is 15.6 Å². The van der Waals surface area contributed by atoms with Crippen molar-refractivity contribution in [1.82, 2.24) is 4.90 Å². The molecular weight excluding hydrogens is 382 g/mol. The molecule has 5 nitrogen and oxygen atoms in total. The number of nitrogens with one attached hydrogen (secondary N) is 1. The van der Waals surface area contributed by atoms with Crippen molar-refractivity contribution in [1.29, 1.82) is 0 Å². The molecule has 2 heterocycles. The Hall–Kier alpha value is -2.05. The van der Waals surface area contributed by atoms with Crippen molar-refractivity contribution in [2.75, 3.05) is 36.4 Å². The lowest BCUT2D eigenvalue weighted by molar-refractivity contribution is -0.139. The highest BCUT2D eigenvalue weighted by atomic mass is 35.5. The van der Waals surface area contributed by atoms with Crippen LogP contribution in [-0.4, -0.2) is 42.9 Å². The van der Waals surface area contributed by atoms with Gasteiger partial charge in [-0.05, 0) is 29.6 Å². The molecule has 1 N–H and O–H groups in total. The Bertz CT molecular complexity index is 822. The number of halogens is 1. The predicted molar refractivity (Wildman–Crippen MR) is 112 cm³/mol. The average molecular weight is 406 g/mol. The van der Waals surface area contributed by atoms with E-state index in [2.05, 4.69) is 10.2 Å². The minimum atomic E-state index is -0.359. The summed E-state index contributed by atoms with van der Waals surface area (Å²) in [6, 6.07) is 9.19. The molecule has 144 valence electrons. The number of amides is 2. The van der Waals surface area contributed by atoms with Gasteiger partial charge in [-0.3, -0.25) is 9.59 Å². The number of hydrogen-bond acceptors (Lipinski definition) is 4. The van der Waals surface area contributed by atoms with Crippen LogP contribution in [0.1, 0.15) is 30.4 Å². The smallest absolute Gasteiger partial charge is 0.265 e. The summed E-state index contributed by atoms with van der Waals surface area (Å²) in [5.41, 5.74) is 1.24. The highest BCUT2D eigenvalue weighted by Crippen LogP contribution is 2.30. The van der Waals surface area contributed by atoms with E-state index in [1.807, 2.05) is 49.3 Å². The van der Waals surface area contributed by atoms with E-state index in [-0.39, 0.29) is 17.2 Å². The molecule has 1 aliphatic heterocycles. The number of piperazine rings is 1. The van der Waals surface area contributed by atoms with E-state index in [0.29, 0.717) is 28.7 Å². The van der Waals surface area contributed by atoms with Gasteiger partial charge in [-0.1, -0.05) is 38.4 Å². The van der Waals surface area contributed by atoms with Gasteiger partial charge in [0.1, 0.15) is 0 Å². The van der Waals surface area contributed by atoms with Crippen LogP contribution >= 0.6 is 22.9 Å². The molecule has 0 spiro atoms. The van der Waals surface area contributed by atoms with E-state index in [1.54, 1.807) is 12.1 Å². The van der Waals surface area contributed by atoms with E-state index < -0.39 is 0 Å². The molecule has 1 aromatic carbocycles.